The van der Waals surface area contributed by atoms with E-state index >= 15 is 0 Å². The van der Waals surface area contributed by atoms with Crippen molar-refractivity contribution >= 4 is 45.5 Å². The second-order valence-electron chi connectivity index (χ2n) is 6.75. The number of carbonyl (C=O) groups excluding carboxylic acids is 2. The Balaban J connectivity index is 1.61. The molecule has 1 aliphatic rings. The number of anilines is 2. The molecule has 1 aromatic heterocycles. The number of benzene rings is 3. The van der Waals surface area contributed by atoms with Crippen LogP contribution in [0.4, 0.5) is 11.4 Å². The fourth-order valence-electron chi connectivity index (χ4n) is 3.90. The van der Waals surface area contributed by atoms with E-state index in [0.29, 0.717) is 30.0 Å². The van der Waals surface area contributed by atoms with Gasteiger partial charge < -0.3 is 19.8 Å². The average Bonchev–Trinajstić information content (AvgIpc) is 3.31. The van der Waals surface area contributed by atoms with Crippen LogP contribution in [0.25, 0.3) is 21.7 Å². The number of amides is 1. The van der Waals surface area contributed by atoms with E-state index in [4.69, 9.17) is 14.9 Å². The van der Waals surface area contributed by atoms with Gasteiger partial charge in [0.25, 0.3) is 12.4 Å². The van der Waals surface area contributed by atoms with Gasteiger partial charge in [0.05, 0.1) is 5.69 Å². The summed E-state index contributed by atoms with van der Waals surface area (Å²) in [6.07, 6.45) is 0.718. The summed E-state index contributed by atoms with van der Waals surface area (Å²) in [5.41, 5.74) is 8.83. The van der Waals surface area contributed by atoms with E-state index in [-0.39, 0.29) is 11.7 Å². The number of nitrogen functional groups attached to an aromatic ring is 1. The number of nitrogens with two attached hydrogens (primary N) is 1. The topological polar surface area (TPSA) is 85.8 Å². The number of hydrogen-bond donors (Lipinski definition) is 1. The first-order valence-electron chi connectivity index (χ1n) is 8.91. The number of furan rings is 1. The van der Waals surface area contributed by atoms with Crippen LogP contribution in [0.15, 0.2) is 59.0 Å². The fourth-order valence-corrected chi connectivity index (χ4v) is 3.90. The Morgan fingerprint density at radius 2 is 1.93 bits per heavy atom. The Bertz CT molecular complexity index is 1260. The highest BCUT2D eigenvalue weighted by Gasteiger charge is 2.30. The summed E-state index contributed by atoms with van der Waals surface area (Å²) in [5, 5.41) is 2.61. The lowest BCUT2D eigenvalue weighted by Crippen LogP contribution is -2.28. The molecule has 6 nitrogen and oxygen atoms in total. The van der Waals surface area contributed by atoms with Crippen LogP contribution < -0.4 is 15.4 Å². The lowest BCUT2D eigenvalue weighted by atomic mass is 10.0. The second-order valence-corrected chi connectivity index (χ2v) is 6.75. The number of ether oxygens (including phenoxy) is 1. The lowest BCUT2D eigenvalue weighted by Gasteiger charge is -2.17. The summed E-state index contributed by atoms with van der Waals surface area (Å²) in [4.78, 5) is 25.8. The quantitative estimate of drug-likeness (QED) is 0.435. The van der Waals surface area contributed by atoms with E-state index in [9.17, 15) is 9.59 Å². The van der Waals surface area contributed by atoms with Gasteiger partial charge in [-0.05, 0) is 41.6 Å². The van der Waals surface area contributed by atoms with Gasteiger partial charge in [-0.15, -0.1) is 0 Å². The van der Waals surface area contributed by atoms with Crippen LogP contribution in [0.2, 0.25) is 0 Å². The summed E-state index contributed by atoms with van der Waals surface area (Å²) in [6.45, 7) is 0.931. The van der Waals surface area contributed by atoms with Crippen molar-refractivity contribution in [2.75, 3.05) is 17.2 Å². The number of fused-ring (bicyclic) bond motifs is 4. The zero-order valence-corrected chi connectivity index (χ0v) is 14.8. The maximum absolute atomic E-state index is 13.2. The molecule has 6 heteroatoms. The number of nitrogens with zero attached hydrogens (tertiary/aromatic N) is 1. The first-order valence-corrected chi connectivity index (χ1v) is 8.91. The molecule has 0 fully saturated rings. The van der Waals surface area contributed by atoms with E-state index in [1.54, 1.807) is 35.2 Å². The minimum atomic E-state index is -0.235. The van der Waals surface area contributed by atoms with Crippen LogP contribution in [0.3, 0.4) is 0 Å². The predicted octanol–water partition coefficient (Wildman–Crippen LogP) is 3.91. The van der Waals surface area contributed by atoms with Crippen LogP contribution in [0.5, 0.6) is 5.75 Å². The summed E-state index contributed by atoms with van der Waals surface area (Å²) in [5.74, 6) is 0.446. The van der Waals surface area contributed by atoms with Crippen molar-refractivity contribution in [3.63, 3.8) is 0 Å². The molecule has 4 aromatic rings. The Kier molecular flexibility index (Phi) is 3.58. The highest BCUT2D eigenvalue weighted by molar-refractivity contribution is 6.10. The molecule has 0 radical (unpaired) electrons. The highest BCUT2D eigenvalue weighted by atomic mass is 16.5. The summed E-state index contributed by atoms with van der Waals surface area (Å²) >= 11 is 0. The van der Waals surface area contributed by atoms with Gasteiger partial charge in [-0.2, -0.15) is 0 Å². The van der Waals surface area contributed by atoms with Gasteiger partial charge in [0.2, 0.25) is 0 Å². The smallest absolute Gasteiger partial charge is 0.298 e. The third-order valence-electron chi connectivity index (χ3n) is 5.14. The molecule has 2 heterocycles. The van der Waals surface area contributed by atoms with Gasteiger partial charge in [-0.1, -0.05) is 24.3 Å². The Morgan fingerprint density at radius 1 is 1.11 bits per heavy atom. The van der Waals surface area contributed by atoms with Gasteiger partial charge in [0, 0.05) is 29.1 Å². The molecule has 138 valence electrons. The summed E-state index contributed by atoms with van der Waals surface area (Å²) in [7, 11) is 0. The van der Waals surface area contributed by atoms with E-state index < -0.39 is 0 Å². The zero-order valence-electron chi connectivity index (χ0n) is 14.8. The van der Waals surface area contributed by atoms with Gasteiger partial charge in [-0.3, -0.25) is 9.59 Å². The van der Waals surface area contributed by atoms with E-state index in [1.807, 2.05) is 24.3 Å². The van der Waals surface area contributed by atoms with Crippen molar-refractivity contribution in [1.82, 2.24) is 0 Å². The fraction of sp³-hybridized carbons (Fsp3) is 0.0909. The molecule has 1 aliphatic heterocycles. The van der Waals surface area contributed by atoms with Gasteiger partial charge in [-0.25, -0.2) is 0 Å². The van der Waals surface area contributed by atoms with Crippen molar-refractivity contribution in [1.29, 1.82) is 0 Å². The Labute approximate surface area is 160 Å². The Hall–Kier alpha value is -3.80. The molecule has 1 amide bonds. The van der Waals surface area contributed by atoms with Gasteiger partial charge in [0.1, 0.15) is 11.3 Å². The minimum Gasteiger partial charge on any atom is -0.451 e. The predicted molar refractivity (Wildman–Crippen MR) is 107 cm³/mol. The van der Waals surface area contributed by atoms with Crippen LogP contribution in [0.1, 0.15) is 16.1 Å². The van der Waals surface area contributed by atoms with Crippen molar-refractivity contribution in [3.05, 3.63) is 65.9 Å². The molecule has 3 aromatic carbocycles. The lowest BCUT2D eigenvalue weighted by molar-refractivity contribution is -0.120. The molecule has 0 aliphatic carbocycles. The maximum atomic E-state index is 13.2. The van der Waals surface area contributed by atoms with Gasteiger partial charge in [0.15, 0.2) is 5.76 Å². The third kappa shape index (κ3) is 2.42. The highest BCUT2D eigenvalue weighted by Crippen LogP contribution is 2.40. The minimum absolute atomic E-state index is 0.235. The Morgan fingerprint density at radius 3 is 2.75 bits per heavy atom. The first kappa shape index (κ1) is 16.4. The molecule has 0 saturated carbocycles. The first-order chi connectivity index (χ1) is 13.7. The molecule has 2 N–H and O–H groups in total. The number of rotatable bonds is 3. The third-order valence-corrected chi connectivity index (χ3v) is 5.14. The molecule has 0 saturated heterocycles. The monoisotopic (exact) mass is 372 g/mol. The normalized spacial score (nSPS) is 13.1. The largest absolute Gasteiger partial charge is 0.451 e. The molecule has 0 bridgehead atoms. The van der Waals surface area contributed by atoms with Crippen LogP contribution >= 0.6 is 0 Å². The number of carbonyl (C=O) groups is 2. The van der Waals surface area contributed by atoms with Crippen molar-refractivity contribution in [2.45, 2.75) is 6.42 Å². The molecule has 0 unspecified atom stereocenters. The maximum Gasteiger partial charge on any atom is 0.298 e. The van der Waals surface area contributed by atoms with Crippen molar-refractivity contribution in [2.24, 2.45) is 0 Å². The molecule has 0 atom stereocenters. The molecule has 0 spiro atoms. The van der Waals surface area contributed by atoms with Crippen LogP contribution in [-0.4, -0.2) is 18.9 Å². The zero-order chi connectivity index (χ0) is 19.3. The van der Waals surface area contributed by atoms with Crippen molar-refractivity contribution in [3.8, 4) is 5.75 Å². The van der Waals surface area contributed by atoms with Crippen molar-refractivity contribution < 1.29 is 18.7 Å². The summed E-state index contributed by atoms with van der Waals surface area (Å²) < 4.78 is 10.9. The van der Waals surface area contributed by atoms with E-state index in [1.165, 1.54) is 0 Å². The molecule has 5 rings (SSSR count). The average molecular weight is 372 g/mol. The standard InChI is InChI=1S/C22H16N2O4/c23-14-5-6-19-13(9-14)10-21(28-19)22(26)24-8-7-16-15-3-1-2-4-17(15)20(27-12-25)11-18(16)24/h1-6,9-12H,7-8,23H2. The molecular weight excluding hydrogens is 356 g/mol. The van der Waals surface area contributed by atoms with Crippen LogP contribution in [0, 0.1) is 0 Å². The van der Waals surface area contributed by atoms with Crippen LogP contribution in [-0.2, 0) is 11.2 Å². The van der Waals surface area contributed by atoms with Gasteiger partial charge >= 0.3 is 0 Å². The van der Waals surface area contributed by atoms with E-state index in [2.05, 4.69) is 0 Å². The molecule has 28 heavy (non-hydrogen) atoms. The molecular formula is C22H16N2O4. The number of hydrogen-bond acceptors (Lipinski definition) is 5. The van der Waals surface area contributed by atoms with E-state index in [0.717, 1.165) is 33.8 Å². The SMILES string of the molecule is Nc1ccc2oc(C(=O)N3CCc4c3cc(OC=O)c3ccccc43)cc2c1. The second kappa shape index (κ2) is 6.13. The summed E-state index contributed by atoms with van der Waals surface area (Å²) in [6, 6.07) is 16.4.